The van der Waals surface area contributed by atoms with Gasteiger partial charge in [-0.05, 0) is 36.1 Å². The topological polar surface area (TPSA) is 45.7 Å². The number of benzene rings is 2. The number of thioether (sulfide) groups is 1. The summed E-state index contributed by atoms with van der Waals surface area (Å²) in [6.07, 6.45) is 2.49. The predicted octanol–water partition coefficient (Wildman–Crippen LogP) is 4.44. The van der Waals surface area contributed by atoms with Gasteiger partial charge in [0, 0.05) is 36.9 Å². The van der Waals surface area contributed by atoms with Crippen molar-refractivity contribution in [2.75, 3.05) is 20.7 Å². The van der Waals surface area contributed by atoms with Crippen LogP contribution in [0.25, 0.3) is 0 Å². The molecule has 0 radical (unpaired) electrons. The molecule has 6 heteroatoms. The highest BCUT2D eigenvalue weighted by atomic mass is 127. The van der Waals surface area contributed by atoms with Gasteiger partial charge in [0.25, 0.3) is 0 Å². The van der Waals surface area contributed by atoms with E-state index in [0.29, 0.717) is 11.4 Å². The van der Waals surface area contributed by atoms with Crippen molar-refractivity contribution in [1.29, 1.82) is 0 Å². The van der Waals surface area contributed by atoms with E-state index in [1.54, 1.807) is 7.11 Å². The van der Waals surface area contributed by atoms with Crippen LogP contribution in [-0.2, 0) is 17.9 Å². The molecule has 1 fully saturated rings. The zero-order valence-electron chi connectivity index (χ0n) is 15.9. The van der Waals surface area contributed by atoms with Crippen molar-refractivity contribution in [2.45, 2.75) is 35.6 Å². The molecule has 0 heterocycles. The van der Waals surface area contributed by atoms with Gasteiger partial charge in [0.05, 0.1) is 6.61 Å². The van der Waals surface area contributed by atoms with E-state index in [9.17, 15) is 0 Å². The molecule has 2 aromatic carbocycles. The summed E-state index contributed by atoms with van der Waals surface area (Å²) in [6, 6.07) is 19.0. The van der Waals surface area contributed by atoms with Crippen molar-refractivity contribution in [3.8, 4) is 0 Å². The number of nitrogens with one attached hydrogen (secondary N) is 2. The van der Waals surface area contributed by atoms with Crippen LogP contribution in [0.3, 0.4) is 0 Å². The summed E-state index contributed by atoms with van der Waals surface area (Å²) in [7, 11) is 3.55. The molecule has 146 valence electrons. The summed E-state index contributed by atoms with van der Waals surface area (Å²) < 4.78 is 5.58. The van der Waals surface area contributed by atoms with Crippen LogP contribution in [0.15, 0.2) is 64.5 Å². The molecule has 4 nitrogen and oxygen atoms in total. The van der Waals surface area contributed by atoms with Crippen LogP contribution in [0.4, 0.5) is 0 Å². The van der Waals surface area contributed by atoms with Crippen LogP contribution in [-0.4, -0.2) is 31.4 Å². The van der Waals surface area contributed by atoms with E-state index in [2.05, 4.69) is 64.2 Å². The summed E-state index contributed by atoms with van der Waals surface area (Å²) in [6.45, 7) is 2.28. The summed E-state index contributed by atoms with van der Waals surface area (Å²) >= 11 is 1.97. The number of rotatable bonds is 8. The highest BCUT2D eigenvalue weighted by molar-refractivity contribution is 14.0. The molecular weight excluding hydrogens is 469 g/mol. The Morgan fingerprint density at radius 3 is 2.33 bits per heavy atom. The molecule has 0 spiro atoms. The molecule has 0 saturated heterocycles. The molecule has 1 saturated carbocycles. The van der Waals surface area contributed by atoms with E-state index >= 15 is 0 Å². The second-order valence-corrected chi connectivity index (χ2v) is 8.12. The molecule has 0 amide bonds. The smallest absolute Gasteiger partial charge is 0.191 e. The molecule has 0 bridgehead atoms. The second-order valence-electron chi connectivity index (χ2n) is 6.58. The zero-order valence-corrected chi connectivity index (χ0v) is 19.1. The summed E-state index contributed by atoms with van der Waals surface area (Å²) in [5.41, 5.74) is 2.44. The SMILES string of the molecule is CN=C(NCc1ccccc1COC)NCC1(Sc2ccccc2)CC1.I. The van der Waals surface area contributed by atoms with E-state index in [-0.39, 0.29) is 24.0 Å². The molecule has 3 rings (SSSR count). The van der Waals surface area contributed by atoms with Gasteiger partial charge in [-0.3, -0.25) is 4.99 Å². The molecule has 0 atom stereocenters. The summed E-state index contributed by atoms with van der Waals surface area (Å²) in [5, 5.41) is 6.92. The normalized spacial score (nSPS) is 15.0. The third-order valence-corrected chi connectivity index (χ3v) is 6.04. The molecule has 0 aliphatic heterocycles. The Kier molecular flexibility index (Phi) is 8.92. The monoisotopic (exact) mass is 497 g/mol. The van der Waals surface area contributed by atoms with Gasteiger partial charge in [-0.25, -0.2) is 0 Å². The van der Waals surface area contributed by atoms with E-state index in [1.807, 2.05) is 24.9 Å². The van der Waals surface area contributed by atoms with Crippen molar-refractivity contribution < 1.29 is 4.74 Å². The third kappa shape index (κ3) is 6.69. The standard InChI is InChI=1S/C21H27N3OS.HI/c1-22-20(23-14-17-8-6-7-9-18(17)15-25-2)24-16-21(12-13-21)26-19-10-4-3-5-11-19;/h3-11H,12-16H2,1-2H3,(H2,22,23,24);1H. The maximum atomic E-state index is 5.28. The van der Waals surface area contributed by atoms with Crippen molar-refractivity contribution in [1.82, 2.24) is 10.6 Å². The van der Waals surface area contributed by atoms with E-state index in [0.717, 1.165) is 19.0 Å². The lowest BCUT2D eigenvalue weighted by Crippen LogP contribution is -2.40. The Bertz CT molecular complexity index is 735. The Labute approximate surface area is 183 Å². The number of hydrogen-bond acceptors (Lipinski definition) is 3. The maximum absolute atomic E-state index is 5.28. The number of halogens is 1. The van der Waals surface area contributed by atoms with Gasteiger partial charge >= 0.3 is 0 Å². The number of ether oxygens (including phenoxy) is 1. The Balaban J connectivity index is 0.00000261. The molecule has 0 aromatic heterocycles. The van der Waals surface area contributed by atoms with Gasteiger partial charge in [-0.2, -0.15) is 0 Å². The Morgan fingerprint density at radius 1 is 1.04 bits per heavy atom. The van der Waals surface area contributed by atoms with Gasteiger partial charge in [-0.15, -0.1) is 35.7 Å². The molecular formula is C21H28IN3OS. The highest BCUT2D eigenvalue weighted by Gasteiger charge is 2.43. The van der Waals surface area contributed by atoms with Crippen molar-refractivity contribution >= 4 is 41.7 Å². The quantitative estimate of drug-likeness (QED) is 0.322. The van der Waals surface area contributed by atoms with Gasteiger partial charge in [-0.1, -0.05) is 42.5 Å². The average molecular weight is 497 g/mol. The van der Waals surface area contributed by atoms with Crippen molar-refractivity contribution in [3.63, 3.8) is 0 Å². The van der Waals surface area contributed by atoms with Crippen molar-refractivity contribution in [2.24, 2.45) is 4.99 Å². The summed E-state index contributed by atoms with van der Waals surface area (Å²) in [4.78, 5) is 5.71. The molecule has 2 aromatic rings. The fourth-order valence-electron chi connectivity index (χ4n) is 2.86. The number of methoxy groups -OCH3 is 1. The first kappa shape index (κ1) is 22.0. The van der Waals surface area contributed by atoms with Gasteiger partial charge in [0.1, 0.15) is 0 Å². The number of hydrogen-bond donors (Lipinski definition) is 2. The van der Waals surface area contributed by atoms with Gasteiger partial charge in [0.2, 0.25) is 0 Å². The molecule has 1 aliphatic rings. The third-order valence-electron chi connectivity index (χ3n) is 4.55. The first-order chi connectivity index (χ1) is 12.7. The van der Waals surface area contributed by atoms with Crippen LogP contribution in [0, 0.1) is 0 Å². The predicted molar refractivity (Wildman–Crippen MR) is 125 cm³/mol. The van der Waals surface area contributed by atoms with E-state index in [1.165, 1.54) is 28.9 Å². The van der Waals surface area contributed by atoms with E-state index < -0.39 is 0 Å². The average Bonchev–Trinajstić information content (AvgIpc) is 3.43. The van der Waals surface area contributed by atoms with Crippen LogP contribution in [0.1, 0.15) is 24.0 Å². The van der Waals surface area contributed by atoms with Crippen LogP contribution in [0.5, 0.6) is 0 Å². The first-order valence-electron chi connectivity index (χ1n) is 8.99. The van der Waals surface area contributed by atoms with Gasteiger partial charge < -0.3 is 15.4 Å². The van der Waals surface area contributed by atoms with Crippen molar-refractivity contribution in [3.05, 3.63) is 65.7 Å². The maximum Gasteiger partial charge on any atom is 0.191 e. The lowest BCUT2D eigenvalue weighted by atomic mass is 10.1. The number of guanidine groups is 1. The van der Waals surface area contributed by atoms with Gasteiger partial charge in [0.15, 0.2) is 5.96 Å². The fourth-order valence-corrected chi connectivity index (χ4v) is 4.11. The van der Waals surface area contributed by atoms with E-state index in [4.69, 9.17) is 4.74 Å². The lowest BCUT2D eigenvalue weighted by Gasteiger charge is -2.19. The number of aliphatic imine (C=N–C) groups is 1. The molecule has 27 heavy (non-hydrogen) atoms. The fraction of sp³-hybridized carbons (Fsp3) is 0.381. The minimum Gasteiger partial charge on any atom is -0.380 e. The molecule has 2 N–H and O–H groups in total. The lowest BCUT2D eigenvalue weighted by molar-refractivity contribution is 0.184. The minimum absolute atomic E-state index is 0. The second kappa shape index (κ2) is 10.9. The first-order valence-corrected chi connectivity index (χ1v) is 9.81. The minimum atomic E-state index is 0. The number of nitrogens with zero attached hydrogens (tertiary/aromatic N) is 1. The Morgan fingerprint density at radius 2 is 1.70 bits per heavy atom. The largest absolute Gasteiger partial charge is 0.380 e. The van der Waals surface area contributed by atoms with Crippen LogP contribution >= 0.6 is 35.7 Å². The zero-order chi connectivity index (χ0) is 18.2. The van der Waals surface area contributed by atoms with Crippen LogP contribution in [0.2, 0.25) is 0 Å². The Hall–Kier alpha value is -1.25. The molecule has 1 aliphatic carbocycles. The summed E-state index contributed by atoms with van der Waals surface area (Å²) in [5.74, 6) is 0.845. The molecule has 0 unspecified atom stereocenters. The van der Waals surface area contributed by atoms with Crippen LogP contribution < -0.4 is 10.6 Å². The highest BCUT2D eigenvalue weighted by Crippen LogP contribution is 2.51.